The summed E-state index contributed by atoms with van der Waals surface area (Å²) >= 11 is 0. The fraction of sp³-hybridized carbons (Fsp3) is 1.00. The fourth-order valence-corrected chi connectivity index (χ4v) is 2.88. The number of nitrogens with zero attached hydrogens (tertiary/aromatic N) is 1. The van der Waals surface area contributed by atoms with E-state index in [0.717, 1.165) is 19.4 Å². The van der Waals surface area contributed by atoms with Gasteiger partial charge in [0.1, 0.15) is 0 Å². The van der Waals surface area contributed by atoms with Gasteiger partial charge in [-0.15, -0.1) is 0 Å². The summed E-state index contributed by atoms with van der Waals surface area (Å²) in [6.45, 7) is 5.14. The van der Waals surface area contributed by atoms with E-state index in [0.29, 0.717) is 6.54 Å². The van der Waals surface area contributed by atoms with Gasteiger partial charge < -0.3 is 5.32 Å². The van der Waals surface area contributed by atoms with Crippen molar-refractivity contribution < 1.29 is 8.42 Å². The molecule has 0 saturated carbocycles. The number of nitrogens with one attached hydrogen (secondary N) is 1. The summed E-state index contributed by atoms with van der Waals surface area (Å²) in [7, 11) is -3.57. The molecule has 1 rings (SSSR count). The quantitative estimate of drug-likeness (QED) is 0.722. The van der Waals surface area contributed by atoms with Gasteiger partial charge in [-0.2, -0.15) is 12.7 Å². The van der Waals surface area contributed by atoms with E-state index in [2.05, 4.69) is 5.32 Å². The monoisotopic (exact) mass is 235 g/mol. The SMILES string of the molecule is CC(C)N(CC1CCCCN1)S(N)(=O)=O. The minimum atomic E-state index is -3.57. The third-order valence-corrected chi connectivity index (χ3v) is 3.94. The van der Waals surface area contributed by atoms with E-state index in [9.17, 15) is 8.42 Å². The van der Waals surface area contributed by atoms with Gasteiger partial charge in [0.25, 0.3) is 10.2 Å². The Morgan fingerprint density at radius 1 is 1.47 bits per heavy atom. The summed E-state index contributed by atoms with van der Waals surface area (Å²) < 4.78 is 24.0. The first-order valence-electron chi connectivity index (χ1n) is 5.44. The Balaban J connectivity index is 2.58. The molecular formula is C9H21N3O2S. The molecule has 15 heavy (non-hydrogen) atoms. The first-order chi connectivity index (χ1) is 6.91. The summed E-state index contributed by atoms with van der Waals surface area (Å²) in [5.74, 6) is 0. The minimum Gasteiger partial charge on any atom is -0.313 e. The van der Waals surface area contributed by atoms with E-state index < -0.39 is 10.2 Å². The molecule has 0 aliphatic carbocycles. The Bertz CT molecular complexity index is 284. The van der Waals surface area contributed by atoms with Crippen LogP contribution in [0.3, 0.4) is 0 Å². The Kier molecular flexibility index (Phi) is 4.51. The predicted molar refractivity (Wildman–Crippen MR) is 60.6 cm³/mol. The molecule has 0 amide bonds. The summed E-state index contributed by atoms with van der Waals surface area (Å²) in [5.41, 5.74) is 0. The van der Waals surface area contributed by atoms with Crippen LogP contribution >= 0.6 is 0 Å². The predicted octanol–water partition coefficient (Wildman–Crippen LogP) is 0.0424. The maximum absolute atomic E-state index is 11.3. The van der Waals surface area contributed by atoms with Crippen LogP contribution in [0, 0.1) is 0 Å². The first kappa shape index (κ1) is 12.9. The van der Waals surface area contributed by atoms with E-state index in [1.807, 2.05) is 13.8 Å². The van der Waals surface area contributed by atoms with Crippen LogP contribution in [0.4, 0.5) is 0 Å². The van der Waals surface area contributed by atoms with Crippen molar-refractivity contribution in [1.82, 2.24) is 9.62 Å². The normalized spacial score (nSPS) is 23.7. The van der Waals surface area contributed by atoms with Crippen molar-refractivity contribution in [2.45, 2.75) is 45.2 Å². The van der Waals surface area contributed by atoms with Crippen LogP contribution in [0.5, 0.6) is 0 Å². The van der Waals surface area contributed by atoms with Crippen molar-refractivity contribution in [1.29, 1.82) is 0 Å². The highest BCUT2D eigenvalue weighted by molar-refractivity contribution is 7.86. The van der Waals surface area contributed by atoms with Gasteiger partial charge in [0.2, 0.25) is 0 Å². The van der Waals surface area contributed by atoms with Crippen LogP contribution in [0.15, 0.2) is 0 Å². The van der Waals surface area contributed by atoms with Crippen molar-refractivity contribution in [3.63, 3.8) is 0 Å². The van der Waals surface area contributed by atoms with E-state index in [-0.39, 0.29) is 12.1 Å². The molecule has 1 saturated heterocycles. The first-order valence-corrected chi connectivity index (χ1v) is 6.94. The second-order valence-corrected chi connectivity index (χ2v) is 5.85. The number of hydrogen-bond donors (Lipinski definition) is 2. The number of rotatable bonds is 4. The van der Waals surface area contributed by atoms with Crippen molar-refractivity contribution in [3.05, 3.63) is 0 Å². The van der Waals surface area contributed by atoms with Gasteiger partial charge in [-0.25, -0.2) is 5.14 Å². The molecule has 0 radical (unpaired) electrons. The lowest BCUT2D eigenvalue weighted by molar-refractivity contribution is 0.282. The molecule has 1 fully saturated rings. The highest BCUT2D eigenvalue weighted by atomic mass is 32.2. The van der Waals surface area contributed by atoms with Crippen LogP contribution in [-0.4, -0.2) is 37.9 Å². The molecule has 5 nitrogen and oxygen atoms in total. The zero-order chi connectivity index (χ0) is 11.5. The van der Waals surface area contributed by atoms with Gasteiger partial charge in [-0.05, 0) is 33.2 Å². The topological polar surface area (TPSA) is 75.4 Å². The molecule has 0 aromatic carbocycles. The Morgan fingerprint density at radius 3 is 2.53 bits per heavy atom. The lowest BCUT2D eigenvalue weighted by Crippen LogP contribution is -2.50. The molecule has 6 heteroatoms. The molecule has 90 valence electrons. The van der Waals surface area contributed by atoms with Gasteiger partial charge in [-0.3, -0.25) is 0 Å². The lowest BCUT2D eigenvalue weighted by atomic mass is 10.1. The molecule has 1 aliphatic heterocycles. The molecule has 0 bridgehead atoms. The molecule has 1 heterocycles. The average Bonchev–Trinajstić information content (AvgIpc) is 2.13. The highest BCUT2D eigenvalue weighted by Gasteiger charge is 2.25. The number of hydrogen-bond acceptors (Lipinski definition) is 3. The Morgan fingerprint density at radius 2 is 2.13 bits per heavy atom. The summed E-state index contributed by atoms with van der Waals surface area (Å²) in [6.07, 6.45) is 3.36. The van der Waals surface area contributed by atoms with Crippen LogP contribution in [0.25, 0.3) is 0 Å². The van der Waals surface area contributed by atoms with Gasteiger partial charge in [-0.1, -0.05) is 6.42 Å². The van der Waals surface area contributed by atoms with Crippen molar-refractivity contribution in [2.24, 2.45) is 5.14 Å². The standard InChI is InChI=1S/C9H21N3O2S/c1-8(2)12(15(10,13)14)7-9-5-3-4-6-11-9/h8-9,11H,3-7H2,1-2H3,(H2,10,13,14). The Hall–Kier alpha value is -0.170. The maximum atomic E-state index is 11.3. The summed E-state index contributed by atoms with van der Waals surface area (Å²) in [5, 5.41) is 8.48. The highest BCUT2D eigenvalue weighted by Crippen LogP contribution is 2.11. The molecule has 0 aromatic heterocycles. The molecule has 0 aromatic rings. The van der Waals surface area contributed by atoms with E-state index >= 15 is 0 Å². The van der Waals surface area contributed by atoms with Crippen LogP contribution in [0.2, 0.25) is 0 Å². The second-order valence-electron chi connectivity index (χ2n) is 4.36. The fourth-order valence-electron chi connectivity index (χ4n) is 1.91. The molecule has 1 atom stereocenters. The van der Waals surface area contributed by atoms with Crippen molar-refractivity contribution >= 4 is 10.2 Å². The Labute approximate surface area is 92.2 Å². The van der Waals surface area contributed by atoms with Gasteiger partial charge in [0, 0.05) is 18.6 Å². The second kappa shape index (κ2) is 5.25. The van der Waals surface area contributed by atoms with Crippen LogP contribution < -0.4 is 10.5 Å². The van der Waals surface area contributed by atoms with E-state index in [4.69, 9.17) is 5.14 Å². The summed E-state index contributed by atoms with van der Waals surface area (Å²) in [6, 6.07) is 0.170. The van der Waals surface area contributed by atoms with E-state index in [1.54, 1.807) is 0 Å². The van der Waals surface area contributed by atoms with Crippen molar-refractivity contribution in [2.75, 3.05) is 13.1 Å². The van der Waals surface area contributed by atoms with Crippen LogP contribution in [-0.2, 0) is 10.2 Å². The molecule has 1 unspecified atom stereocenters. The molecular weight excluding hydrogens is 214 g/mol. The van der Waals surface area contributed by atoms with E-state index in [1.165, 1.54) is 10.7 Å². The molecule has 0 spiro atoms. The van der Waals surface area contributed by atoms with Crippen molar-refractivity contribution in [3.8, 4) is 0 Å². The maximum Gasteiger partial charge on any atom is 0.277 e. The van der Waals surface area contributed by atoms with Gasteiger partial charge in [0.15, 0.2) is 0 Å². The molecule has 1 aliphatic rings. The minimum absolute atomic E-state index is 0.0799. The third kappa shape index (κ3) is 4.06. The van der Waals surface area contributed by atoms with Gasteiger partial charge >= 0.3 is 0 Å². The zero-order valence-electron chi connectivity index (χ0n) is 9.44. The van der Waals surface area contributed by atoms with Crippen LogP contribution in [0.1, 0.15) is 33.1 Å². The zero-order valence-corrected chi connectivity index (χ0v) is 10.3. The van der Waals surface area contributed by atoms with Gasteiger partial charge in [0.05, 0.1) is 0 Å². The third-order valence-electron chi connectivity index (χ3n) is 2.72. The smallest absolute Gasteiger partial charge is 0.277 e. The summed E-state index contributed by atoms with van der Waals surface area (Å²) in [4.78, 5) is 0. The lowest BCUT2D eigenvalue weighted by Gasteiger charge is -2.30. The largest absolute Gasteiger partial charge is 0.313 e. The average molecular weight is 235 g/mol. The number of nitrogens with two attached hydrogens (primary N) is 1. The molecule has 3 N–H and O–H groups in total. The number of piperidine rings is 1.